The molecule has 0 saturated carbocycles. The standard InChI is InChI=1S/C27H29Br/c1-25(2)22-16-21(24(28)17-23(22)26(3,4)27(25,5)6)20-14-10-13-19(15-20)18-11-8-7-9-12-18/h7-17H,1-6H3. The maximum Gasteiger partial charge on any atom is 0.0256 e. The fourth-order valence-electron chi connectivity index (χ4n) is 4.78. The average Bonchev–Trinajstić information content (AvgIpc) is 2.77. The van der Waals surface area contributed by atoms with E-state index in [0.29, 0.717) is 0 Å². The lowest BCUT2D eigenvalue weighted by molar-refractivity contribution is 0.125. The van der Waals surface area contributed by atoms with Crippen LogP contribution >= 0.6 is 15.9 Å². The van der Waals surface area contributed by atoms with E-state index in [9.17, 15) is 0 Å². The summed E-state index contributed by atoms with van der Waals surface area (Å²) in [4.78, 5) is 0. The van der Waals surface area contributed by atoms with E-state index < -0.39 is 0 Å². The lowest BCUT2D eigenvalue weighted by Gasteiger charge is -2.44. The number of benzene rings is 3. The molecule has 0 fully saturated rings. The van der Waals surface area contributed by atoms with Crippen LogP contribution in [0.2, 0.25) is 0 Å². The van der Waals surface area contributed by atoms with Crippen LogP contribution in [-0.2, 0) is 10.8 Å². The van der Waals surface area contributed by atoms with Crippen molar-refractivity contribution in [3.63, 3.8) is 0 Å². The molecule has 0 N–H and O–H groups in total. The zero-order valence-electron chi connectivity index (χ0n) is 17.7. The summed E-state index contributed by atoms with van der Waals surface area (Å²) in [5.74, 6) is 0. The third-order valence-electron chi connectivity index (χ3n) is 7.86. The number of hydrogen-bond donors (Lipinski definition) is 0. The molecule has 0 aliphatic heterocycles. The molecule has 3 aromatic rings. The summed E-state index contributed by atoms with van der Waals surface area (Å²) in [7, 11) is 0. The Balaban J connectivity index is 1.89. The zero-order valence-corrected chi connectivity index (χ0v) is 19.3. The maximum atomic E-state index is 3.89. The summed E-state index contributed by atoms with van der Waals surface area (Å²) in [5, 5.41) is 0. The molecule has 1 aliphatic carbocycles. The second-order valence-corrected chi connectivity index (χ2v) is 10.6. The normalized spacial score (nSPS) is 18.7. The maximum absolute atomic E-state index is 3.89. The van der Waals surface area contributed by atoms with Gasteiger partial charge in [0.1, 0.15) is 0 Å². The summed E-state index contributed by atoms with van der Waals surface area (Å²) < 4.78 is 1.18. The molecule has 0 nitrogen and oxygen atoms in total. The van der Waals surface area contributed by atoms with Gasteiger partial charge in [-0.1, -0.05) is 106 Å². The smallest absolute Gasteiger partial charge is 0.0256 e. The molecule has 0 heterocycles. The average molecular weight is 433 g/mol. The van der Waals surface area contributed by atoms with Gasteiger partial charge in [-0.15, -0.1) is 0 Å². The van der Waals surface area contributed by atoms with E-state index in [1.807, 2.05) is 0 Å². The molecule has 0 radical (unpaired) electrons. The van der Waals surface area contributed by atoms with Crippen molar-refractivity contribution >= 4 is 15.9 Å². The van der Waals surface area contributed by atoms with E-state index in [0.717, 1.165) is 0 Å². The first-order chi connectivity index (χ1) is 13.1. The van der Waals surface area contributed by atoms with E-state index in [1.54, 1.807) is 0 Å². The van der Waals surface area contributed by atoms with Crippen molar-refractivity contribution < 1.29 is 0 Å². The van der Waals surface area contributed by atoms with Gasteiger partial charge >= 0.3 is 0 Å². The first-order valence-corrected chi connectivity index (χ1v) is 10.9. The third-order valence-corrected chi connectivity index (χ3v) is 8.52. The predicted molar refractivity (Wildman–Crippen MR) is 125 cm³/mol. The van der Waals surface area contributed by atoms with E-state index in [2.05, 4.69) is 124 Å². The second-order valence-electron chi connectivity index (χ2n) is 9.70. The van der Waals surface area contributed by atoms with Crippen LogP contribution in [-0.4, -0.2) is 0 Å². The van der Waals surface area contributed by atoms with Crippen LogP contribution in [0.4, 0.5) is 0 Å². The lowest BCUT2D eigenvalue weighted by Crippen LogP contribution is -2.42. The van der Waals surface area contributed by atoms with Crippen LogP contribution in [0.25, 0.3) is 22.3 Å². The van der Waals surface area contributed by atoms with Crippen molar-refractivity contribution in [2.45, 2.75) is 52.4 Å². The minimum atomic E-state index is 0.109. The topological polar surface area (TPSA) is 0 Å². The molecular weight excluding hydrogens is 404 g/mol. The van der Waals surface area contributed by atoms with Crippen LogP contribution in [0.3, 0.4) is 0 Å². The van der Waals surface area contributed by atoms with Gasteiger partial charge < -0.3 is 0 Å². The van der Waals surface area contributed by atoms with E-state index >= 15 is 0 Å². The van der Waals surface area contributed by atoms with Crippen molar-refractivity contribution in [1.29, 1.82) is 0 Å². The molecule has 0 bridgehead atoms. The Morgan fingerprint density at radius 2 is 1.11 bits per heavy atom. The van der Waals surface area contributed by atoms with Crippen molar-refractivity contribution in [1.82, 2.24) is 0 Å². The molecule has 0 amide bonds. The van der Waals surface area contributed by atoms with Crippen LogP contribution in [0.15, 0.2) is 71.2 Å². The highest BCUT2D eigenvalue weighted by Crippen LogP contribution is 2.62. The van der Waals surface area contributed by atoms with Gasteiger partial charge in [-0.2, -0.15) is 0 Å². The number of fused-ring (bicyclic) bond motifs is 1. The second kappa shape index (κ2) is 6.32. The summed E-state index contributed by atoms with van der Waals surface area (Å²) in [6.07, 6.45) is 0. The molecule has 3 aromatic carbocycles. The highest BCUT2D eigenvalue weighted by atomic mass is 79.9. The Kier molecular flexibility index (Phi) is 4.39. The Hall–Kier alpha value is -1.86. The molecule has 0 unspecified atom stereocenters. The molecule has 4 rings (SSSR count). The molecular formula is C27H29Br. The van der Waals surface area contributed by atoms with Gasteiger partial charge in [0.25, 0.3) is 0 Å². The molecule has 1 aliphatic rings. The molecule has 28 heavy (non-hydrogen) atoms. The van der Waals surface area contributed by atoms with Crippen molar-refractivity contribution in [2.75, 3.05) is 0 Å². The van der Waals surface area contributed by atoms with Gasteiger partial charge in [-0.05, 0) is 67.8 Å². The highest BCUT2D eigenvalue weighted by molar-refractivity contribution is 9.10. The lowest BCUT2D eigenvalue weighted by atomic mass is 9.59. The fraction of sp³-hybridized carbons (Fsp3) is 0.333. The Morgan fingerprint density at radius 1 is 0.571 bits per heavy atom. The van der Waals surface area contributed by atoms with Crippen LogP contribution in [0.1, 0.15) is 52.7 Å². The third kappa shape index (κ3) is 2.63. The monoisotopic (exact) mass is 432 g/mol. The molecule has 0 spiro atoms. The summed E-state index contributed by atoms with van der Waals surface area (Å²) in [6, 6.07) is 24.3. The summed E-state index contributed by atoms with van der Waals surface area (Å²) in [6.45, 7) is 14.4. The molecule has 144 valence electrons. The predicted octanol–water partition coefficient (Wildman–Crippen LogP) is 8.38. The quantitative estimate of drug-likeness (QED) is 0.381. The SMILES string of the molecule is CC1(C)c2cc(Br)c(-c3cccc(-c4ccccc4)c3)cc2C(C)(C)C1(C)C. The van der Waals surface area contributed by atoms with Crippen LogP contribution < -0.4 is 0 Å². The summed E-state index contributed by atoms with van der Waals surface area (Å²) in [5.41, 5.74) is 8.40. The van der Waals surface area contributed by atoms with E-state index in [-0.39, 0.29) is 16.2 Å². The minimum Gasteiger partial charge on any atom is -0.0622 e. The van der Waals surface area contributed by atoms with Gasteiger partial charge in [0, 0.05) is 4.47 Å². The van der Waals surface area contributed by atoms with Gasteiger partial charge in [0.05, 0.1) is 0 Å². The largest absolute Gasteiger partial charge is 0.0622 e. The van der Waals surface area contributed by atoms with E-state index in [4.69, 9.17) is 0 Å². The van der Waals surface area contributed by atoms with Crippen LogP contribution in [0.5, 0.6) is 0 Å². The highest BCUT2D eigenvalue weighted by Gasteiger charge is 2.56. The minimum absolute atomic E-state index is 0.109. The van der Waals surface area contributed by atoms with Gasteiger partial charge in [0.15, 0.2) is 0 Å². The van der Waals surface area contributed by atoms with Crippen molar-refractivity contribution in [3.8, 4) is 22.3 Å². The first-order valence-electron chi connectivity index (χ1n) is 10.1. The molecule has 1 heteroatoms. The van der Waals surface area contributed by atoms with Gasteiger partial charge in [-0.3, -0.25) is 0 Å². The first kappa shape index (κ1) is 19.5. The van der Waals surface area contributed by atoms with Crippen molar-refractivity contribution in [2.24, 2.45) is 5.41 Å². The number of halogens is 1. The van der Waals surface area contributed by atoms with Gasteiger partial charge in [0.2, 0.25) is 0 Å². The summed E-state index contributed by atoms with van der Waals surface area (Å²) >= 11 is 3.89. The fourth-order valence-corrected chi connectivity index (χ4v) is 5.35. The Morgan fingerprint density at radius 3 is 1.75 bits per heavy atom. The molecule has 0 saturated heterocycles. The Bertz CT molecular complexity index is 1040. The number of rotatable bonds is 2. The zero-order chi connectivity index (χ0) is 20.3. The van der Waals surface area contributed by atoms with Crippen LogP contribution in [0, 0.1) is 5.41 Å². The Labute approximate surface area is 178 Å². The van der Waals surface area contributed by atoms with Gasteiger partial charge in [-0.25, -0.2) is 0 Å². The molecule has 0 atom stereocenters. The molecule has 0 aromatic heterocycles. The van der Waals surface area contributed by atoms with Crippen molar-refractivity contribution in [3.05, 3.63) is 82.3 Å². The number of hydrogen-bond acceptors (Lipinski definition) is 0. The van der Waals surface area contributed by atoms with E-state index in [1.165, 1.54) is 37.9 Å².